The number of amides is 1. The highest BCUT2D eigenvalue weighted by molar-refractivity contribution is 5.82. The Morgan fingerprint density at radius 2 is 2.04 bits per heavy atom. The summed E-state index contributed by atoms with van der Waals surface area (Å²) in [6, 6.07) is 5.14. The van der Waals surface area contributed by atoms with Gasteiger partial charge in [-0.05, 0) is 30.9 Å². The van der Waals surface area contributed by atoms with Gasteiger partial charge in [-0.2, -0.15) is 0 Å². The minimum absolute atomic E-state index is 0.00147. The third-order valence-corrected chi connectivity index (χ3v) is 5.62. The Hall–Kier alpha value is -2.54. The molecule has 2 aromatic rings. The third kappa shape index (κ3) is 3.64. The van der Waals surface area contributed by atoms with E-state index in [2.05, 4.69) is 26.8 Å². The zero-order valence-electron chi connectivity index (χ0n) is 15.7. The molecule has 7 nitrogen and oxygen atoms in total. The Balaban J connectivity index is 1.38. The molecule has 1 amide bonds. The summed E-state index contributed by atoms with van der Waals surface area (Å²) >= 11 is 0. The van der Waals surface area contributed by atoms with Crippen LogP contribution in [0, 0.1) is 0 Å². The molecule has 2 aliphatic rings. The number of fused-ring (bicyclic) bond motifs is 1. The summed E-state index contributed by atoms with van der Waals surface area (Å²) in [7, 11) is 0. The smallest absolute Gasteiger partial charge is 0.240 e. The van der Waals surface area contributed by atoms with Gasteiger partial charge in [-0.1, -0.05) is 13.0 Å². The molecule has 27 heavy (non-hydrogen) atoms. The zero-order chi connectivity index (χ0) is 18.8. The van der Waals surface area contributed by atoms with Crippen LogP contribution in [0.15, 0.2) is 30.7 Å². The Labute approximate surface area is 159 Å². The van der Waals surface area contributed by atoms with Crippen molar-refractivity contribution in [1.29, 1.82) is 0 Å². The lowest BCUT2D eigenvalue weighted by molar-refractivity contribution is -0.132. The molecule has 0 saturated carbocycles. The van der Waals surface area contributed by atoms with Crippen molar-refractivity contribution in [3.8, 4) is 0 Å². The van der Waals surface area contributed by atoms with Crippen LogP contribution in [0.3, 0.4) is 0 Å². The van der Waals surface area contributed by atoms with Gasteiger partial charge >= 0.3 is 0 Å². The number of rotatable bonds is 4. The molecule has 2 aromatic heterocycles. The summed E-state index contributed by atoms with van der Waals surface area (Å²) in [4.78, 5) is 30.1. The number of hydrogen-bond acceptors (Lipinski definition) is 6. The van der Waals surface area contributed by atoms with E-state index in [0.717, 1.165) is 37.4 Å². The summed E-state index contributed by atoms with van der Waals surface area (Å²) in [5, 5.41) is 0. The van der Waals surface area contributed by atoms with Crippen LogP contribution < -0.4 is 10.6 Å². The SMILES string of the molecule is C[C@@H]1CCc2ncnc(N3CCN(C(=O)[C@H](N)Cc4ccccn4)CC3)c21. The maximum absolute atomic E-state index is 12.7. The molecule has 1 aliphatic heterocycles. The summed E-state index contributed by atoms with van der Waals surface area (Å²) in [5.41, 5.74) is 9.48. The van der Waals surface area contributed by atoms with Crippen molar-refractivity contribution < 1.29 is 4.79 Å². The van der Waals surface area contributed by atoms with Crippen molar-refractivity contribution in [3.05, 3.63) is 47.7 Å². The van der Waals surface area contributed by atoms with E-state index in [9.17, 15) is 4.79 Å². The highest BCUT2D eigenvalue weighted by atomic mass is 16.2. The minimum Gasteiger partial charge on any atom is -0.353 e. The lowest BCUT2D eigenvalue weighted by Crippen LogP contribution is -2.54. The Morgan fingerprint density at radius 1 is 1.22 bits per heavy atom. The predicted octanol–water partition coefficient (Wildman–Crippen LogP) is 1.14. The fourth-order valence-corrected chi connectivity index (χ4v) is 4.08. The zero-order valence-corrected chi connectivity index (χ0v) is 15.7. The molecule has 1 saturated heterocycles. The number of piperazine rings is 1. The molecular formula is C20H26N6O. The summed E-state index contributed by atoms with van der Waals surface area (Å²) in [6.45, 7) is 5.13. The first-order valence-electron chi connectivity index (χ1n) is 9.66. The van der Waals surface area contributed by atoms with Crippen molar-refractivity contribution in [3.63, 3.8) is 0 Å². The quantitative estimate of drug-likeness (QED) is 0.873. The third-order valence-electron chi connectivity index (χ3n) is 5.62. The van der Waals surface area contributed by atoms with Crippen LogP contribution in [0.5, 0.6) is 0 Å². The van der Waals surface area contributed by atoms with Crippen molar-refractivity contribution in [2.24, 2.45) is 5.73 Å². The topological polar surface area (TPSA) is 88.2 Å². The molecule has 0 unspecified atom stereocenters. The molecule has 3 heterocycles. The standard InChI is InChI=1S/C20H26N6O/c1-14-5-6-17-18(14)19(24-13-23-17)25-8-10-26(11-9-25)20(27)16(21)12-15-4-2-3-7-22-15/h2-4,7,13-14,16H,5-6,8-12,21H2,1H3/t14-,16-/m1/s1. The number of hydrogen-bond donors (Lipinski definition) is 1. The van der Waals surface area contributed by atoms with E-state index in [-0.39, 0.29) is 5.91 Å². The first-order valence-corrected chi connectivity index (χ1v) is 9.66. The second-order valence-electron chi connectivity index (χ2n) is 7.44. The maximum atomic E-state index is 12.7. The average Bonchev–Trinajstić information content (AvgIpc) is 3.09. The molecule has 1 fully saturated rings. The monoisotopic (exact) mass is 366 g/mol. The van der Waals surface area contributed by atoms with Crippen LogP contribution in [0.1, 0.15) is 36.2 Å². The van der Waals surface area contributed by atoms with Gasteiger partial charge in [0.15, 0.2) is 0 Å². The second kappa shape index (κ2) is 7.60. The number of nitrogens with two attached hydrogens (primary N) is 1. The number of anilines is 1. The largest absolute Gasteiger partial charge is 0.353 e. The van der Waals surface area contributed by atoms with Crippen LogP contribution in [-0.4, -0.2) is 58.0 Å². The number of carbonyl (C=O) groups is 1. The molecule has 7 heteroatoms. The van der Waals surface area contributed by atoms with Gasteiger partial charge in [-0.15, -0.1) is 0 Å². The number of pyridine rings is 1. The number of nitrogens with zero attached hydrogens (tertiary/aromatic N) is 5. The highest BCUT2D eigenvalue weighted by Crippen LogP contribution is 2.37. The fraction of sp³-hybridized carbons (Fsp3) is 0.500. The first-order chi connectivity index (χ1) is 13.1. The molecule has 2 N–H and O–H groups in total. The molecule has 0 radical (unpaired) electrons. The van der Waals surface area contributed by atoms with Crippen LogP contribution in [0.2, 0.25) is 0 Å². The summed E-state index contributed by atoms with van der Waals surface area (Å²) in [5.74, 6) is 1.55. The van der Waals surface area contributed by atoms with Crippen molar-refractivity contribution in [2.75, 3.05) is 31.1 Å². The van der Waals surface area contributed by atoms with E-state index < -0.39 is 6.04 Å². The van der Waals surface area contributed by atoms with Gasteiger partial charge in [0, 0.05) is 55.7 Å². The van der Waals surface area contributed by atoms with Gasteiger partial charge in [0.05, 0.1) is 6.04 Å². The molecule has 0 bridgehead atoms. The molecule has 1 aliphatic carbocycles. The molecule has 0 aromatic carbocycles. The van der Waals surface area contributed by atoms with Gasteiger partial charge in [0.2, 0.25) is 5.91 Å². The van der Waals surface area contributed by atoms with Gasteiger partial charge in [0.1, 0.15) is 12.1 Å². The normalized spacial score (nSPS) is 20.4. The van der Waals surface area contributed by atoms with Crippen molar-refractivity contribution in [2.45, 2.75) is 38.1 Å². The lowest BCUT2D eigenvalue weighted by atomic mass is 10.1. The van der Waals surface area contributed by atoms with Crippen LogP contribution in [-0.2, 0) is 17.6 Å². The van der Waals surface area contributed by atoms with E-state index >= 15 is 0 Å². The first kappa shape index (κ1) is 17.9. The van der Waals surface area contributed by atoms with E-state index in [4.69, 9.17) is 5.73 Å². The van der Waals surface area contributed by atoms with Crippen molar-refractivity contribution >= 4 is 11.7 Å². The van der Waals surface area contributed by atoms with Gasteiger partial charge < -0.3 is 15.5 Å². The molecule has 0 spiro atoms. The summed E-state index contributed by atoms with van der Waals surface area (Å²) in [6.07, 6.45) is 6.05. The minimum atomic E-state index is -0.547. The second-order valence-corrected chi connectivity index (χ2v) is 7.44. The lowest BCUT2D eigenvalue weighted by Gasteiger charge is -2.37. The average molecular weight is 366 g/mol. The summed E-state index contributed by atoms with van der Waals surface area (Å²) < 4.78 is 0. The molecule has 2 atom stereocenters. The van der Waals surface area contributed by atoms with Crippen LogP contribution in [0.25, 0.3) is 0 Å². The van der Waals surface area contributed by atoms with E-state index in [0.29, 0.717) is 25.4 Å². The number of aryl methyl sites for hydroxylation is 1. The molecule has 142 valence electrons. The molecular weight excluding hydrogens is 340 g/mol. The highest BCUT2D eigenvalue weighted by Gasteiger charge is 2.30. The Kier molecular flexibility index (Phi) is 5.03. The van der Waals surface area contributed by atoms with Gasteiger partial charge in [-0.25, -0.2) is 9.97 Å². The van der Waals surface area contributed by atoms with Crippen molar-refractivity contribution in [1.82, 2.24) is 19.9 Å². The van der Waals surface area contributed by atoms with Gasteiger partial charge in [-0.3, -0.25) is 9.78 Å². The van der Waals surface area contributed by atoms with Crippen LogP contribution in [0.4, 0.5) is 5.82 Å². The molecule has 4 rings (SSSR count). The number of carbonyl (C=O) groups excluding carboxylic acids is 1. The van der Waals surface area contributed by atoms with E-state index in [1.807, 2.05) is 23.1 Å². The van der Waals surface area contributed by atoms with E-state index in [1.54, 1.807) is 12.5 Å². The Bertz CT molecular complexity index is 803. The predicted molar refractivity (Wildman–Crippen MR) is 103 cm³/mol. The van der Waals surface area contributed by atoms with E-state index in [1.165, 1.54) is 11.3 Å². The maximum Gasteiger partial charge on any atom is 0.240 e. The number of aromatic nitrogens is 3. The fourth-order valence-electron chi connectivity index (χ4n) is 4.08. The van der Waals surface area contributed by atoms with Gasteiger partial charge in [0.25, 0.3) is 0 Å². The Morgan fingerprint density at radius 3 is 2.78 bits per heavy atom. The van der Waals surface area contributed by atoms with Crippen LogP contribution >= 0.6 is 0 Å².